The van der Waals surface area contributed by atoms with Crippen LogP contribution in [0.5, 0.6) is 0 Å². The summed E-state index contributed by atoms with van der Waals surface area (Å²) in [6, 6.07) is 0. The molecular formula is C40H72N4O. The molecule has 258 valence electrons. The minimum absolute atomic E-state index is 0.171. The molecule has 0 amide bonds. The molecule has 1 N–H and O–H groups in total. The quantitative estimate of drug-likeness (QED) is 0.130. The summed E-state index contributed by atoms with van der Waals surface area (Å²) < 4.78 is 6.01. The van der Waals surface area contributed by atoms with E-state index in [0.717, 1.165) is 49.8 Å². The zero-order chi connectivity index (χ0) is 33.3. The van der Waals surface area contributed by atoms with Gasteiger partial charge in [-0.15, -0.1) is 6.58 Å². The largest absolute Gasteiger partial charge is 0.377 e. The third kappa shape index (κ3) is 12.0. The zero-order valence-electron chi connectivity index (χ0n) is 31.4. The Labute approximate surface area is 279 Å². The van der Waals surface area contributed by atoms with Crippen LogP contribution in [0.2, 0.25) is 0 Å². The maximum atomic E-state index is 6.01. The minimum Gasteiger partial charge on any atom is -0.377 e. The zero-order valence-corrected chi connectivity index (χ0v) is 31.4. The lowest BCUT2D eigenvalue weighted by atomic mass is 9.54. The van der Waals surface area contributed by atoms with Crippen molar-refractivity contribution in [3.63, 3.8) is 0 Å². The Balaban J connectivity index is 1.80. The Kier molecular flexibility index (Phi) is 14.1. The molecular weight excluding hydrogens is 552 g/mol. The van der Waals surface area contributed by atoms with E-state index in [1.165, 1.54) is 70.6 Å². The van der Waals surface area contributed by atoms with Crippen molar-refractivity contribution in [2.45, 2.75) is 183 Å². The van der Waals surface area contributed by atoms with Crippen LogP contribution >= 0.6 is 0 Å². The highest BCUT2D eigenvalue weighted by atomic mass is 16.5. The summed E-state index contributed by atoms with van der Waals surface area (Å²) in [5, 5.41) is 3.86. The molecule has 0 aromatic carbocycles. The molecule has 1 unspecified atom stereocenters. The summed E-state index contributed by atoms with van der Waals surface area (Å²) in [5.41, 5.74) is 0.823. The second-order valence-electron chi connectivity index (χ2n) is 17.7. The van der Waals surface area contributed by atoms with E-state index in [4.69, 9.17) is 19.7 Å². The molecule has 45 heavy (non-hydrogen) atoms. The number of nitrogens with zero attached hydrogens (tertiary/aromatic N) is 3. The van der Waals surface area contributed by atoms with Gasteiger partial charge >= 0.3 is 0 Å². The molecule has 1 aliphatic heterocycles. The molecule has 0 radical (unpaired) electrons. The van der Waals surface area contributed by atoms with Crippen molar-refractivity contribution >= 4 is 0 Å². The fraction of sp³-hybridized carbons (Fsp3) is 0.875. The Hall–Kier alpha value is -1.33. The van der Waals surface area contributed by atoms with Gasteiger partial charge < -0.3 is 10.1 Å². The molecule has 1 aromatic heterocycles. The van der Waals surface area contributed by atoms with E-state index in [0.29, 0.717) is 30.3 Å². The van der Waals surface area contributed by atoms with Gasteiger partial charge in [-0.25, -0.2) is 15.0 Å². The van der Waals surface area contributed by atoms with E-state index < -0.39 is 0 Å². The second kappa shape index (κ2) is 16.7. The van der Waals surface area contributed by atoms with Gasteiger partial charge in [-0.05, 0) is 108 Å². The summed E-state index contributed by atoms with van der Waals surface area (Å²) in [4.78, 5) is 15.7. The number of piperidine rings is 1. The first-order valence-corrected chi connectivity index (χ1v) is 18.8. The van der Waals surface area contributed by atoms with Gasteiger partial charge in [0, 0.05) is 29.8 Å². The van der Waals surface area contributed by atoms with E-state index in [2.05, 4.69) is 81.1 Å². The van der Waals surface area contributed by atoms with Gasteiger partial charge in [0.15, 0.2) is 0 Å². The highest BCUT2D eigenvalue weighted by Gasteiger charge is 2.47. The van der Waals surface area contributed by atoms with E-state index in [-0.39, 0.29) is 21.9 Å². The van der Waals surface area contributed by atoms with Crippen LogP contribution < -0.4 is 5.32 Å². The second-order valence-corrected chi connectivity index (χ2v) is 17.7. The molecule has 3 rings (SSSR count). The maximum Gasteiger partial charge on any atom is 0.135 e. The Morgan fingerprint density at radius 1 is 0.756 bits per heavy atom. The third-order valence-corrected chi connectivity index (χ3v) is 11.0. The lowest BCUT2D eigenvalue weighted by molar-refractivity contribution is -0.0656. The first-order chi connectivity index (χ1) is 21.1. The van der Waals surface area contributed by atoms with E-state index >= 15 is 0 Å². The van der Waals surface area contributed by atoms with Gasteiger partial charge in [-0.1, -0.05) is 79.7 Å². The average molecular weight is 625 g/mol. The number of aryl methyl sites for hydroxylation is 2. The normalized spacial score (nSPS) is 24.8. The van der Waals surface area contributed by atoms with Gasteiger partial charge in [0.2, 0.25) is 0 Å². The van der Waals surface area contributed by atoms with Crippen LogP contribution in [-0.2, 0) is 17.6 Å². The lowest BCUT2D eigenvalue weighted by Gasteiger charge is -2.52. The van der Waals surface area contributed by atoms with Crippen LogP contribution in [0.4, 0.5) is 0 Å². The van der Waals surface area contributed by atoms with Crippen molar-refractivity contribution in [3.05, 3.63) is 30.1 Å². The predicted octanol–water partition coefficient (Wildman–Crippen LogP) is 10.4. The van der Waals surface area contributed by atoms with Crippen LogP contribution in [0, 0.1) is 28.6 Å². The van der Waals surface area contributed by atoms with Crippen LogP contribution in [0.1, 0.15) is 176 Å². The van der Waals surface area contributed by atoms with Crippen LogP contribution in [0.15, 0.2) is 12.7 Å². The molecule has 0 bridgehead atoms. The van der Waals surface area contributed by atoms with Gasteiger partial charge in [-0.2, -0.15) is 0 Å². The predicted molar refractivity (Wildman–Crippen MR) is 192 cm³/mol. The standard InChI is InChI=1S/C40H72N4O/c1-12-15-17-19-32(18-16-13-2)36-42-34(41-35(43-36)23-21-31-27-39(8,9)44-40(10,11)28-31)22-20-30-25-37(4,5)33(29-45-24-14-3)38(6,7)26-30/h14,30-33,44H,3,12-13,15-29H2,1-2,4-11H3. The van der Waals surface area contributed by atoms with E-state index in [9.17, 15) is 0 Å². The Morgan fingerprint density at radius 3 is 1.78 bits per heavy atom. The van der Waals surface area contributed by atoms with Gasteiger partial charge in [-0.3, -0.25) is 0 Å². The topological polar surface area (TPSA) is 59.9 Å². The number of hydrogen-bond acceptors (Lipinski definition) is 5. The maximum absolute atomic E-state index is 6.01. The molecule has 2 heterocycles. The fourth-order valence-corrected chi connectivity index (χ4v) is 9.62. The lowest BCUT2D eigenvalue weighted by Crippen LogP contribution is -2.57. The van der Waals surface area contributed by atoms with E-state index in [1.807, 2.05) is 6.08 Å². The molecule has 1 atom stereocenters. The highest BCUT2D eigenvalue weighted by molar-refractivity contribution is 5.06. The summed E-state index contributed by atoms with van der Waals surface area (Å²) in [7, 11) is 0. The van der Waals surface area contributed by atoms with Crippen molar-refractivity contribution in [2.75, 3.05) is 13.2 Å². The summed E-state index contributed by atoms with van der Waals surface area (Å²) in [6.07, 6.45) is 19.7. The molecule has 1 saturated carbocycles. The number of hydrogen-bond donors (Lipinski definition) is 1. The van der Waals surface area contributed by atoms with Gasteiger partial charge in [0.05, 0.1) is 13.2 Å². The summed E-state index contributed by atoms with van der Waals surface area (Å²) in [6.45, 7) is 29.2. The minimum atomic E-state index is 0.171. The summed E-state index contributed by atoms with van der Waals surface area (Å²) in [5.74, 6) is 5.55. The average Bonchev–Trinajstić information content (AvgIpc) is 2.92. The molecule has 0 spiro atoms. The van der Waals surface area contributed by atoms with Crippen LogP contribution in [0.25, 0.3) is 0 Å². The molecule has 1 aromatic rings. The van der Waals surface area contributed by atoms with Gasteiger partial charge in [0.1, 0.15) is 17.5 Å². The molecule has 2 fully saturated rings. The number of nitrogens with one attached hydrogen (secondary N) is 1. The molecule has 1 saturated heterocycles. The monoisotopic (exact) mass is 625 g/mol. The van der Waals surface area contributed by atoms with Crippen molar-refractivity contribution in [2.24, 2.45) is 28.6 Å². The molecule has 1 aliphatic carbocycles. The summed E-state index contributed by atoms with van der Waals surface area (Å²) >= 11 is 0. The van der Waals surface area contributed by atoms with Crippen molar-refractivity contribution in [1.82, 2.24) is 20.3 Å². The van der Waals surface area contributed by atoms with Crippen LogP contribution in [-0.4, -0.2) is 39.2 Å². The van der Waals surface area contributed by atoms with Crippen molar-refractivity contribution in [1.29, 1.82) is 0 Å². The fourth-order valence-electron chi connectivity index (χ4n) is 9.62. The molecule has 2 aliphatic rings. The van der Waals surface area contributed by atoms with Crippen LogP contribution in [0.3, 0.4) is 0 Å². The number of aromatic nitrogens is 3. The smallest absolute Gasteiger partial charge is 0.135 e. The molecule has 5 nitrogen and oxygen atoms in total. The number of unbranched alkanes of at least 4 members (excludes halogenated alkanes) is 3. The molecule has 5 heteroatoms. The first-order valence-electron chi connectivity index (χ1n) is 18.8. The van der Waals surface area contributed by atoms with Crippen molar-refractivity contribution in [3.8, 4) is 0 Å². The van der Waals surface area contributed by atoms with Crippen molar-refractivity contribution < 1.29 is 4.74 Å². The Morgan fingerprint density at radius 2 is 1.27 bits per heavy atom. The van der Waals surface area contributed by atoms with Gasteiger partial charge in [0.25, 0.3) is 0 Å². The highest BCUT2D eigenvalue weighted by Crippen LogP contribution is 2.54. The number of rotatable bonds is 18. The first kappa shape index (κ1) is 38.1. The van der Waals surface area contributed by atoms with E-state index in [1.54, 1.807) is 0 Å². The SMILES string of the molecule is C=CCOCC1C(C)(C)CC(CCc2nc(CCC3CC(C)(C)NC(C)(C)C3)nc(C(CCCC)CCCCC)n2)CC1(C)C. The Bertz CT molecular complexity index is 1010. The third-order valence-electron chi connectivity index (χ3n) is 11.0. The number of ether oxygens (including phenoxy) is 1.